The van der Waals surface area contributed by atoms with Crippen molar-refractivity contribution in [1.82, 2.24) is 10.2 Å². The molecule has 2 atom stereocenters. The van der Waals surface area contributed by atoms with Gasteiger partial charge < -0.3 is 15.0 Å². The summed E-state index contributed by atoms with van der Waals surface area (Å²) in [7, 11) is 0. The first-order valence-corrected chi connectivity index (χ1v) is 8.92. The third-order valence-corrected chi connectivity index (χ3v) is 4.97. The molecular formula is C17H23BrN2O2. The molecule has 4 nitrogen and oxygen atoms in total. The van der Waals surface area contributed by atoms with Gasteiger partial charge in [0.1, 0.15) is 5.75 Å². The van der Waals surface area contributed by atoms with Crippen LogP contribution < -0.4 is 10.1 Å². The van der Waals surface area contributed by atoms with Gasteiger partial charge in [0.2, 0.25) is 5.91 Å². The molecule has 2 saturated heterocycles. The normalized spacial score (nSPS) is 24.1. The quantitative estimate of drug-likeness (QED) is 0.814. The van der Waals surface area contributed by atoms with Crippen molar-refractivity contribution in [3.8, 4) is 5.75 Å². The molecule has 0 spiro atoms. The molecule has 0 aliphatic carbocycles. The van der Waals surface area contributed by atoms with E-state index in [9.17, 15) is 4.79 Å². The van der Waals surface area contributed by atoms with E-state index in [4.69, 9.17) is 4.74 Å². The summed E-state index contributed by atoms with van der Waals surface area (Å²) in [4.78, 5) is 14.4. The number of amides is 1. The van der Waals surface area contributed by atoms with Crippen LogP contribution in [0.3, 0.4) is 0 Å². The molecule has 0 aromatic heterocycles. The van der Waals surface area contributed by atoms with Crippen LogP contribution in [0.1, 0.15) is 32.1 Å². The number of rotatable bonds is 5. The lowest BCUT2D eigenvalue weighted by atomic mass is 10.1. The van der Waals surface area contributed by atoms with Crippen LogP contribution in [0, 0.1) is 0 Å². The molecule has 2 aliphatic heterocycles. The van der Waals surface area contributed by atoms with Gasteiger partial charge in [0, 0.05) is 36.1 Å². The molecule has 1 N–H and O–H groups in total. The first kappa shape index (κ1) is 15.8. The molecule has 2 aliphatic rings. The van der Waals surface area contributed by atoms with Gasteiger partial charge in [-0.25, -0.2) is 0 Å². The van der Waals surface area contributed by atoms with Crippen LogP contribution in [0.15, 0.2) is 28.7 Å². The number of halogens is 1. The molecule has 2 fully saturated rings. The molecule has 2 bridgehead atoms. The summed E-state index contributed by atoms with van der Waals surface area (Å²) in [5.41, 5.74) is 0. The van der Waals surface area contributed by atoms with Crippen LogP contribution in [-0.4, -0.2) is 42.6 Å². The zero-order valence-electron chi connectivity index (χ0n) is 12.8. The predicted octanol–water partition coefficient (Wildman–Crippen LogP) is 2.96. The maximum absolute atomic E-state index is 12.3. The van der Waals surface area contributed by atoms with E-state index in [1.165, 1.54) is 12.8 Å². The van der Waals surface area contributed by atoms with E-state index in [2.05, 4.69) is 21.2 Å². The highest BCUT2D eigenvalue weighted by Gasteiger charge is 2.30. The van der Waals surface area contributed by atoms with Gasteiger partial charge in [-0.1, -0.05) is 22.0 Å². The summed E-state index contributed by atoms with van der Waals surface area (Å²) >= 11 is 3.42. The third-order valence-electron chi connectivity index (χ3n) is 4.48. The molecule has 1 aromatic rings. The smallest absolute Gasteiger partial charge is 0.222 e. The fraction of sp³-hybridized carbons (Fsp3) is 0.588. The number of hydrogen-bond donors (Lipinski definition) is 1. The Morgan fingerprint density at radius 3 is 3.05 bits per heavy atom. The molecule has 3 rings (SSSR count). The van der Waals surface area contributed by atoms with Crippen LogP contribution in [0.2, 0.25) is 0 Å². The van der Waals surface area contributed by atoms with Crippen molar-refractivity contribution < 1.29 is 9.53 Å². The first-order chi connectivity index (χ1) is 10.7. The Morgan fingerprint density at radius 1 is 1.32 bits per heavy atom. The standard InChI is InChI=1S/C17H23BrN2O2/c18-13-3-1-4-16(11-13)22-10-2-5-17(21)20-9-8-14-6-7-15(12-20)19-14/h1,3-4,11,14-15,19H,2,5-10,12H2. The first-order valence-electron chi connectivity index (χ1n) is 8.13. The molecule has 5 heteroatoms. The lowest BCUT2D eigenvalue weighted by molar-refractivity contribution is -0.131. The van der Waals surface area contributed by atoms with Crippen LogP contribution in [0.5, 0.6) is 5.75 Å². The topological polar surface area (TPSA) is 41.6 Å². The number of benzene rings is 1. The van der Waals surface area contributed by atoms with Gasteiger partial charge in [0.25, 0.3) is 0 Å². The minimum Gasteiger partial charge on any atom is -0.494 e. The SMILES string of the molecule is O=C(CCCOc1cccc(Br)c1)N1CCC2CCC(C1)N2. The van der Waals surface area contributed by atoms with E-state index in [1.54, 1.807) is 0 Å². The maximum Gasteiger partial charge on any atom is 0.222 e. The monoisotopic (exact) mass is 366 g/mol. The molecule has 2 heterocycles. The van der Waals surface area contributed by atoms with Gasteiger partial charge in [0.15, 0.2) is 0 Å². The molecule has 0 radical (unpaired) electrons. The van der Waals surface area contributed by atoms with Gasteiger partial charge in [-0.05, 0) is 43.9 Å². The zero-order valence-corrected chi connectivity index (χ0v) is 14.3. The largest absolute Gasteiger partial charge is 0.494 e. The van der Waals surface area contributed by atoms with Crippen molar-refractivity contribution in [2.45, 2.75) is 44.2 Å². The van der Waals surface area contributed by atoms with Crippen molar-refractivity contribution in [3.63, 3.8) is 0 Å². The van der Waals surface area contributed by atoms with E-state index >= 15 is 0 Å². The lowest BCUT2D eigenvalue weighted by Crippen LogP contribution is -2.39. The lowest BCUT2D eigenvalue weighted by Gasteiger charge is -2.24. The second-order valence-corrected chi connectivity index (χ2v) is 7.09. The Labute approximate surface area is 140 Å². The predicted molar refractivity (Wildman–Crippen MR) is 90.0 cm³/mol. The summed E-state index contributed by atoms with van der Waals surface area (Å²) in [6, 6.07) is 8.93. The van der Waals surface area contributed by atoms with Gasteiger partial charge in [-0.3, -0.25) is 4.79 Å². The number of fused-ring (bicyclic) bond motifs is 2. The van der Waals surface area contributed by atoms with Crippen molar-refractivity contribution in [2.75, 3.05) is 19.7 Å². The molecule has 0 saturated carbocycles. The highest BCUT2D eigenvalue weighted by Crippen LogP contribution is 2.21. The number of likely N-dealkylation sites (tertiary alicyclic amines) is 1. The van der Waals surface area contributed by atoms with E-state index in [0.717, 1.165) is 36.2 Å². The van der Waals surface area contributed by atoms with Gasteiger partial charge >= 0.3 is 0 Å². The Morgan fingerprint density at radius 2 is 2.18 bits per heavy atom. The highest BCUT2D eigenvalue weighted by atomic mass is 79.9. The Kier molecular flexibility index (Phi) is 5.37. The van der Waals surface area contributed by atoms with Crippen LogP contribution >= 0.6 is 15.9 Å². The molecular weight excluding hydrogens is 344 g/mol. The zero-order chi connectivity index (χ0) is 15.4. The van der Waals surface area contributed by atoms with Crippen molar-refractivity contribution in [2.24, 2.45) is 0 Å². The van der Waals surface area contributed by atoms with Crippen LogP contribution in [0.25, 0.3) is 0 Å². The van der Waals surface area contributed by atoms with Crippen molar-refractivity contribution in [3.05, 3.63) is 28.7 Å². The number of carbonyl (C=O) groups excluding carboxylic acids is 1. The Hall–Kier alpha value is -1.07. The highest BCUT2D eigenvalue weighted by molar-refractivity contribution is 9.10. The molecule has 22 heavy (non-hydrogen) atoms. The number of nitrogens with zero attached hydrogens (tertiary/aromatic N) is 1. The molecule has 1 aromatic carbocycles. The van der Waals surface area contributed by atoms with E-state index in [0.29, 0.717) is 25.1 Å². The average molecular weight is 367 g/mol. The number of ether oxygens (including phenoxy) is 1. The second kappa shape index (κ2) is 7.47. The summed E-state index contributed by atoms with van der Waals surface area (Å²) in [5.74, 6) is 1.12. The average Bonchev–Trinajstić information content (AvgIpc) is 2.83. The summed E-state index contributed by atoms with van der Waals surface area (Å²) in [5, 5.41) is 3.61. The van der Waals surface area contributed by atoms with E-state index in [1.807, 2.05) is 29.2 Å². The minimum atomic E-state index is 0.271. The number of hydrogen-bond acceptors (Lipinski definition) is 3. The van der Waals surface area contributed by atoms with Crippen LogP contribution in [-0.2, 0) is 4.79 Å². The van der Waals surface area contributed by atoms with E-state index in [-0.39, 0.29) is 5.91 Å². The number of carbonyl (C=O) groups is 1. The van der Waals surface area contributed by atoms with Gasteiger partial charge in [0.05, 0.1) is 6.61 Å². The summed E-state index contributed by atoms with van der Waals surface area (Å²) in [6.07, 6.45) is 4.92. The Bertz CT molecular complexity index is 523. The molecule has 120 valence electrons. The van der Waals surface area contributed by atoms with Crippen molar-refractivity contribution >= 4 is 21.8 Å². The fourth-order valence-corrected chi connectivity index (χ4v) is 3.68. The Balaban J connectivity index is 1.39. The van der Waals surface area contributed by atoms with Gasteiger partial charge in [-0.15, -0.1) is 0 Å². The maximum atomic E-state index is 12.3. The molecule has 1 amide bonds. The van der Waals surface area contributed by atoms with Crippen molar-refractivity contribution in [1.29, 1.82) is 0 Å². The number of nitrogens with one attached hydrogen (secondary N) is 1. The molecule has 2 unspecified atom stereocenters. The van der Waals surface area contributed by atoms with E-state index < -0.39 is 0 Å². The summed E-state index contributed by atoms with van der Waals surface area (Å²) < 4.78 is 6.69. The van der Waals surface area contributed by atoms with Gasteiger partial charge in [-0.2, -0.15) is 0 Å². The summed E-state index contributed by atoms with van der Waals surface area (Å²) in [6.45, 7) is 2.36. The second-order valence-electron chi connectivity index (χ2n) is 6.18. The fourth-order valence-electron chi connectivity index (χ4n) is 3.30. The minimum absolute atomic E-state index is 0.271. The third kappa shape index (κ3) is 4.23. The van der Waals surface area contributed by atoms with Crippen LogP contribution in [0.4, 0.5) is 0 Å².